The molecular formula is C73H66N6O2. The van der Waals surface area contributed by atoms with Gasteiger partial charge in [0.25, 0.3) is 0 Å². The van der Waals surface area contributed by atoms with Gasteiger partial charge < -0.3 is 9.15 Å². The summed E-state index contributed by atoms with van der Waals surface area (Å²) in [5, 5.41) is 3.85. The van der Waals surface area contributed by atoms with Crippen LogP contribution in [-0.2, 0) is 0 Å². The average Bonchev–Trinajstić information content (AvgIpc) is 3.59. The second-order valence-electron chi connectivity index (χ2n) is 23.1. The minimum atomic E-state index is 0.178. The molecule has 0 N–H and O–H groups in total. The number of aromatic nitrogens is 6. The molecule has 0 bridgehead atoms. The Morgan fingerprint density at radius 1 is 0.395 bits per heavy atom. The molecule has 0 radical (unpaired) electrons. The molecule has 5 aromatic heterocycles. The monoisotopic (exact) mass is 1060 g/mol. The number of hydrogen-bond donors (Lipinski definition) is 0. The molecule has 400 valence electrons. The molecule has 5 heterocycles. The topological polar surface area (TPSA) is 83.8 Å². The van der Waals surface area contributed by atoms with Crippen molar-refractivity contribution in [2.45, 2.75) is 99.8 Å². The van der Waals surface area contributed by atoms with Gasteiger partial charge >= 0.3 is 0 Å². The molecule has 8 aromatic carbocycles. The zero-order valence-electron chi connectivity index (χ0n) is 48.1. The van der Waals surface area contributed by atoms with Gasteiger partial charge in [-0.25, -0.2) is 15.0 Å². The lowest BCUT2D eigenvalue weighted by Crippen LogP contribution is -2.09. The maximum absolute atomic E-state index is 7.28. The SMILES string of the molecule is Cc1cc2c(c(C)n1)c(C)nc1oc3c(-c4nc5ccccc5n4-c4c(C(C)C)cc(-c5ccccc5)cc4C(C)C)cc(Oc4cccc(-c5nc6ccccc6n5-c5c(C(C)C)cc(-c6ccccc6)cc5C(C)C)c4)cc3c12. The predicted molar refractivity (Wildman–Crippen MR) is 335 cm³/mol. The van der Waals surface area contributed by atoms with E-state index in [1.807, 2.05) is 13.0 Å². The number of benzene rings is 8. The fraction of sp³-hybridized carbons (Fsp3) is 0.205. The van der Waals surface area contributed by atoms with E-state index in [1.165, 1.54) is 50.2 Å². The van der Waals surface area contributed by atoms with E-state index in [-0.39, 0.29) is 23.7 Å². The maximum atomic E-state index is 7.28. The summed E-state index contributed by atoms with van der Waals surface area (Å²) in [5.41, 5.74) is 21.6. The number of hydrogen-bond acceptors (Lipinski definition) is 6. The highest BCUT2D eigenvalue weighted by atomic mass is 16.5. The molecule has 81 heavy (non-hydrogen) atoms. The van der Waals surface area contributed by atoms with Crippen molar-refractivity contribution >= 4 is 54.9 Å². The van der Waals surface area contributed by atoms with Crippen molar-refractivity contribution in [2.75, 3.05) is 0 Å². The standard InChI is InChI=1S/C73H66N6O2/c1-41(2)55-35-51(48-23-14-12-15-24-48)36-56(42(3)4)68(55)78-64-31-20-18-29-62(64)76-71(78)50-27-22-28-53(34-50)80-54-39-60-67-59-33-45(9)74-46(10)66(59)47(11)75-73(67)81-70(60)61(40-54)72-77-63-30-19-21-32-65(63)79(72)69-57(43(5)6)37-52(38-58(69)44(7)8)49-25-16-13-17-26-49/h12-44H,1-11H3. The fourth-order valence-corrected chi connectivity index (χ4v) is 12.4. The van der Waals surface area contributed by atoms with Gasteiger partial charge in [0, 0.05) is 33.1 Å². The first-order valence-electron chi connectivity index (χ1n) is 28.6. The van der Waals surface area contributed by atoms with Crippen molar-refractivity contribution in [3.63, 3.8) is 0 Å². The van der Waals surface area contributed by atoms with Gasteiger partial charge in [-0.05, 0) is 168 Å². The van der Waals surface area contributed by atoms with Crippen molar-refractivity contribution in [1.82, 2.24) is 29.1 Å². The summed E-state index contributed by atoms with van der Waals surface area (Å²) < 4.78 is 19.2. The number of aryl methyl sites for hydroxylation is 3. The number of rotatable bonds is 12. The Bertz CT molecular complexity index is 4540. The molecule has 13 rings (SSSR count). The van der Waals surface area contributed by atoms with Crippen LogP contribution in [0.1, 0.15) is 118 Å². The van der Waals surface area contributed by atoms with E-state index in [4.69, 9.17) is 29.1 Å². The zero-order valence-corrected chi connectivity index (χ0v) is 48.1. The van der Waals surface area contributed by atoms with Gasteiger partial charge in [-0.1, -0.05) is 152 Å². The van der Waals surface area contributed by atoms with Gasteiger partial charge in [0.2, 0.25) is 5.71 Å². The van der Waals surface area contributed by atoms with E-state index in [1.54, 1.807) is 0 Å². The number of ether oxygens (including phenoxy) is 1. The molecule has 0 spiro atoms. The third-order valence-corrected chi connectivity index (χ3v) is 16.2. The van der Waals surface area contributed by atoms with Crippen LogP contribution in [0, 0.1) is 20.8 Å². The van der Waals surface area contributed by atoms with E-state index >= 15 is 0 Å². The summed E-state index contributed by atoms with van der Waals surface area (Å²) in [6.45, 7) is 24.5. The summed E-state index contributed by atoms with van der Waals surface area (Å²) in [6.07, 6.45) is 0. The smallest absolute Gasteiger partial charge is 0.228 e. The lowest BCUT2D eigenvalue weighted by Gasteiger charge is -2.24. The first-order chi connectivity index (χ1) is 39.2. The Balaban J connectivity index is 1.05. The molecule has 8 nitrogen and oxygen atoms in total. The van der Waals surface area contributed by atoms with E-state index in [2.05, 4.69) is 248 Å². The van der Waals surface area contributed by atoms with Crippen LogP contribution in [0.15, 0.2) is 180 Å². The van der Waals surface area contributed by atoms with Gasteiger partial charge in [0.1, 0.15) is 28.7 Å². The fourth-order valence-electron chi connectivity index (χ4n) is 12.4. The minimum Gasteiger partial charge on any atom is -0.457 e. The zero-order chi connectivity index (χ0) is 56.0. The molecule has 8 heteroatoms. The average molecular weight is 1060 g/mol. The highest BCUT2D eigenvalue weighted by molar-refractivity contribution is 6.20. The summed E-state index contributed by atoms with van der Waals surface area (Å²) in [5.74, 6) is 3.70. The van der Waals surface area contributed by atoms with E-state index in [0.29, 0.717) is 22.8 Å². The molecule has 0 unspecified atom stereocenters. The Hall–Kier alpha value is -9.14. The van der Waals surface area contributed by atoms with Crippen molar-refractivity contribution in [3.05, 3.63) is 215 Å². The highest BCUT2D eigenvalue weighted by Crippen LogP contribution is 2.47. The third-order valence-electron chi connectivity index (χ3n) is 16.2. The summed E-state index contributed by atoms with van der Waals surface area (Å²) in [7, 11) is 0. The van der Waals surface area contributed by atoms with Crippen molar-refractivity contribution < 1.29 is 9.15 Å². The molecule has 0 amide bonds. The minimum absolute atomic E-state index is 0.178. The third kappa shape index (κ3) is 8.85. The second kappa shape index (κ2) is 20.2. The van der Waals surface area contributed by atoms with E-state index < -0.39 is 0 Å². The van der Waals surface area contributed by atoms with E-state index in [9.17, 15) is 0 Å². The summed E-state index contributed by atoms with van der Waals surface area (Å²) >= 11 is 0. The Morgan fingerprint density at radius 3 is 1.42 bits per heavy atom. The van der Waals surface area contributed by atoms with Gasteiger partial charge in [-0.15, -0.1) is 0 Å². The number of para-hydroxylation sites is 4. The molecule has 0 atom stereocenters. The van der Waals surface area contributed by atoms with Gasteiger partial charge in [0.05, 0.1) is 50.1 Å². The number of pyridine rings is 2. The molecule has 13 aromatic rings. The van der Waals surface area contributed by atoms with Crippen LogP contribution < -0.4 is 4.74 Å². The maximum Gasteiger partial charge on any atom is 0.228 e. The number of nitrogens with zero attached hydrogens (tertiary/aromatic N) is 6. The number of imidazole rings is 2. The molecule has 0 saturated heterocycles. The quantitative estimate of drug-likeness (QED) is 0.121. The first kappa shape index (κ1) is 51.3. The van der Waals surface area contributed by atoms with Crippen LogP contribution in [0.25, 0.3) is 111 Å². The Kier molecular flexibility index (Phi) is 12.8. The number of furan rings is 1. The summed E-state index contributed by atoms with van der Waals surface area (Å²) in [6, 6.07) is 62.7. The second-order valence-corrected chi connectivity index (χ2v) is 23.1. The van der Waals surface area contributed by atoms with Crippen molar-refractivity contribution in [1.29, 1.82) is 0 Å². The van der Waals surface area contributed by atoms with Crippen LogP contribution in [-0.4, -0.2) is 29.1 Å². The van der Waals surface area contributed by atoms with Gasteiger partial charge in [-0.2, -0.15) is 0 Å². The molecule has 0 aliphatic carbocycles. The van der Waals surface area contributed by atoms with Crippen LogP contribution in [0.5, 0.6) is 11.5 Å². The normalized spacial score (nSPS) is 12.1. The summed E-state index contributed by atoms with van der Waals surface area (Å²) in [4.78, 5) is 21.1. The molecule has 0 aliphatic heterocycles. The molecular weight excluding hydrogens is 993 g/mol. The largest absolute Gasteiger partial charge is 0.457 e. The van der Waals surface area contributed by atoms with Crippen molar-refractivity contribution in [2.24, 2.45) is 0 Å². The lowest BCUT2D eigenvalue weighted by atomic mass is 9.88. The lowest BCUT2D eigenvalue weighted by molar-refractivity contribution is 0.483. The molecule has 0 saturated carbocycles. The predicted octanol–water partition coefficient (Wildman–Crippen LogP) is 20.1. The number of fused-ring (bicyclic) bond motifs is 7. The highest BCUT2D eigenvalue weighted by Gasteiger charge is 2.29. The molecule has 0 fully saturated rings. The molecule has 0 aliphatic rings. The van der Waals surface area contributed by atoms with Crippen molar-refractivity contribution in [3.8, 4) is 67.9 Å². The van der Waals surface area contributed by atoms with Crippen LogP contribution in [0.2, 0.25) is 0 Å². The van der Waals surface area contributed by atoms with E-state index in [0.717, 1.165) is 89.2 Å². The van der Waals surface area contributed by atoms with Gasteiger partial charge in [0.15, 0.2) is 0 Å². The first-order valence-corrected chi connectivity index (χ1v) is 28.6. The van der Waals surface area contributed by atoms with Crippen LogP contribution in [0.3, 0.4) is 0 Å². The Morgan fingerprint density at radius 2 is 0.877 bits per heavy atom. The van der Waals surface area contributed by atoms with Crippen LogP contribution >= 0.6 is 0 Å². The Labute approximate surface area is 473 Å². The van der Waals surface area contributed by atoms with Gasteiger partial charge in [-0.3, -0.25) is 14.1 Å². The van der Waals surface area contributed by atoms with Crippen LogP contribution in [0.4, 0.5) is 0 Å².